The molecule has 3 aromatic carbocycles. The van der Waals surface area contributed by atoms with Gasteiger partial charge in [0.25, 0.3) is 11.1 Å². The average molecular weight is 541 g/mol. The van der Waals surface area contributed by atoms with E-state index in [-0.39, 0.29) is 23.6 Å². The minimum absolute atomic E-state index is 0.00657. The van der Waals surface area contributed by atoms with Gasteiger partial charge >= 0.3 is 0 Å². The third-order valence-corrected chi connectivity index (χ3v) is 7.21. The smallest absolute Gasteiger partial charge is 0.254 e. The van der Waals surface area contributed by atoms with Crippen molar-refractivity contribution in [3.8, 4) is 0 Å². The van der Waals surface area contributed by atoms with Crippen LogP contribution in [-0.4, -0.2) is 46.1 Å². The maximum absolute atomic E-state index is 13.5. The van der Waals surface area contributed by atoms with Crippen molar-refractivity contribution in [1.82, 2.24) is 9.80 Å². The van der Waals surface area contributed by atoms with Gasteiger partial charge in [-0.3, -0.25) is 14.5 Å². The van der Waals surface area contributed by atoms with Gasteiger partial charge in [0.05, 0.1) is 0 Å². The zero-order chi connectivity index (χ0) is 27.5. The Bertz CT molecular complexity index is 1150. The first-order valence-electron chi connectivity index (χ1n) is 13.1. The molecule has 3 aromatic rings. The highest BCUT2D eigenvalue weighted by Crippen LogP contribution is 2.29. The molecule has 0 aromatic heterocycles. The number of nitrogens with zero attached hydrogens (tertiary/aromatic N) is 2. The summed E-state index contributed by atoms with van der Waals surface area (Å²) in [5, 5.41) is -0.569. The fourth-order valence-electron chi connectivity index (χ4n) is 5.03. The first-order valence-corrected chi connectivity index (χ1v) is 13.5. The van der Waals surface area contributed by atoms with Crippen molar-refractivity contribution in [3.05, 3.63) is 107 Å². The summed E-state index contributed by atoms with van der Waals surface area (Å²) in [4.78, 5) is 28.4. The number of halogens is 3. The lowest BCUT2D eigenvalue weighted by Crippen LogP contribution is -2.54. The molecule has 202 valence electrons. The second-order valence-corrected chi connectivity index (χ2v) is 9.69. The summed E-state index contributed by atoms with van der Waals surface area (Å²) >= 11 is 5.09. The fourth-order valence-corrected chi connectivity index (χ4v) is 5.16. The lowest BCUT2D eigenvalue weighted by Gasteiger charge is -2.44. The summed E-state index contributed by atoms with van der Waals surface area (Å²) in [7, 11) is 0. The van der Waals surface area contributed by atoms with Crippen molar-refractivity contribution >= 4 is 22.8 Å². The van der Waals surface area contributed by atoms with Gasteiger partial charge in [0.2, 0.25) is 0 Å². The van der Waals surface area contributed by atoms with Gasteiger partial charge in [0.15, 0.2) is 0 Å². The topological polar surface area (TPSA) is 40.6 Å². The monoisotopic (exact) mass is 540 g/mol. The number of carbonyl (C=O) groups excluding carboxylic acids is 2. The standard InChI is InChI=1S/C24H31FN2O.C7H4ClFO/c1-3-26(4-2)22-12-8-9-13-23(22)27(18-19-10-6-5-7-11-19)24(28)20-14-16-21(25)17-15-20;8-7(10)5-1-3-6(9)4-2-5/h5-7,10-11,14-17,22-23H,3-4,8-9,12-13,18H2,1-2H3;1-4H. The van der Waals surface area contributed by atoms with Crippen molar-refractivity contribution in [2.75, 3.05) is 13.1 Å². The Labute approximate surface area is 229 Å². The number of benzene rings is 3. The molecule has 0 spiro atoms. The number of amides is 1. The zero-order valence-corrected chi connectivity index (χ0v) is 22.7. The Balaban J connectivity index is 0.000000336. The van der Waals surface area contributed by atoms with E-state index in [1.807, 2.05) is 23.1 Å². The van der Waals surface area contributed by atoms with E-state index in [1.165, 1.54) is 42.8 Å². The largest absolute Gasteiger partial charge is 0.330 e. The van der Waals surface area contributed by atoms with Crippen molar-refractivity contribution in [3.63, 3.8) is 0 Å². The van der Waals surface area contributed by atoms with E-state index in [0.29, 0.717) is 23.7 Å². The molecule has 38 heavy (non-hydrogen) atoms. The molecule has 4 rings (SSSR count). The van der Waals surface area contributed by atoms with Crippen molar-refractivity contribution < 1.29 is 18.4 Å². The van der Waals surface area contributed by atoms with Gasteiger partial charge in [-0.15, -0.1) is 0 Å². The number of carbonyl (C=O) groups is 2. The molecule has 2 atom stereocenters. The van der Waals surface area contributed by atoms with Crippen LogP contribution in [0.15, 0.2) is 78.9 Å². The Hall–Kier alpha value is -3.09. The van der Waals surface area contributed by atoms with E-state index < -0.39 is 5.24 Å². The first kappa shape index (κ1) is 29.5. The maximum atomic E-state index is 13.5. The predicted octanol–water partition coefficient (Wildman–Crippen LogP) is 7.33. The van der Waals surface area contributed by atoms with Gasteiger partial charge < -0.3 is 4.90 Å². The van der Waals surface area contributed by atoms with Gasteiger partial charge in [-0.2, -0.15) is 0 Å². The summed E-state index contributed by atoms with van der Waals surface area (Å²) in [6, 6.07) is 21.7. The number of rotatable bonds is 8. The van der Waals surface area contributed by atoms with Crippen molar-refractivity contribution in [2.24, 2.45) is 0 Å². The molecule has 0 bridgehead atoms. The SMILES string of the molecule is CCN(CC)C1CCCCC1N(Cc1ccccc1)C(=O)c1ccc(F)cc1.O=C(Cl)c1ccc(F)cc1. The molecule has 0 aliphatic heterocycles. The Morgan fingerprint density at radius 2 is 1.26 bits per heavy atom. The number of hydrogen-bond acceptors (Lipinski definition) is 3. The van der Waals surface area contributed by atoms with Crippen LogP contribution in [-0.2, 0) is 6.54 Å². The van der Waals surface area contributed by atoms with Gasteiger partial charge in [0, 0.05) is 29.8 Å². The maximum Gasteiger partial charge on any atom is 0.254 e. The van der Waals surface area contributed by atoms with E-state index >= 15 is 0 Å². The molecule has 7 heteroatoms. The minimum Gasteiger partial charge on any atom is -0.330 e. The van der Waals surface area contributed by atoms with E-state index in [4.69, 9.17) is 11.6 Å². The van der Waals surface area contributed by atoms with Crippen LogP contribution in [0.25, 0.3) is 0 Å². The molecular formula is C31H35ClF2N2O2. The molecule has 2 unspecified atom stereocenters. The molecular weight excluding hydrogens is 506 g/mol. The fraction of sp³-hybridized carbons (Fsp3) is 0.355. The van der Waals surface area contributed by atoms with Crippen molar-refractivity contribution in [2.45, 2.75) is 58.2 Å². The normalized spacial score (nSPS) is 16.9. The van der Waals surface area contributed by atoms with Crippen LogP contribution in [0, 0.1) is 11.6 Å². The van der Waals surface area contributed by atoms with Crippen LogP contribution >= 0.6 is 11.6 Å². The quantitative estimate of drug-likeness (QED) is 0.281. The summed E-state index contributed by atoms with van der Waals surface area (Å²) in [5.41, 5.74) is 1.99. The van der Waals surface area contributed by atoms with Crippen LogP contribution in [0.2, 0.25) is 0 Å². The molecule has 0 radical (unpaired) electrons. The van der Waals surface area contributed by atoms with Crippen molar-refractivity contribution in [1.29, 1.82) is 0 Å². The molecule has 0 N–H and O–H groups in total. The average Bonchev–Trinajstić information content (AvgIpc) is 2.94. The highest BCUT2D eigenvalue weighted by Gasteiger charge is 2.35. The molecule has 1 amide bonds. The molecule has 1 aliphatic carbocycles. The van der Waals surface area contributed by atoms with Gasteiger partial charge in [0.1, 0.15) is 11.6 Å². The Kier molecular flexibility index (Phi) is 11.4. The summed E-state index contributed by atoms with van der Waals surface area (Å²) < 4.78 is 25.6. The molecule has 0 saturated heterocycles. The number of hydrogen-bond donors (Lipinski definition) is 0. The highest BCUT2D eigenvalue weighted by molar-refractivity contribution is 6.67. The third-order valence-electron chi connectivity index (χ3n) is 6.99. The van der Waals surface area contributed by atoms with E-state index in [9.17, 15) is 18.4 Å². The predicted molar refractivity (Wildman–Crippen MR) is 148 cm³/mol. The highest BCUT2D eigenvalue weighted by atomic mass is 35.5. The second kappa shape index (κ2) is 14.7. The first-order chi connectivity index (χ1) is 18.3. The second-order valence-electron chi connectivity index (χ2n) is 9.35. The van der Waals surface area contributed by atoms with Gasteiger partial charge in [-0.1, -0.05) is 57.0 Å². The summed E-state index contributed by atoms with van der Waals surface area (Å²) in [5.74, 6) is -0.695. The van der Waals surface area contributed by atoms with Crippen LogP contribution < -0.4 is 0 Å². The van der Waals surface area contributed by atoms with Gasteiger partial charge in [-0.25, -0.2) is 8.78 Å². The molecule has 1 saturated carbocycles. The Morgan fingerprint density at radius 3 is 1.76 bits per heavy atom. The van der Waals surface area contributed by atoms with E-state index in [2.05, 4.69) is 30.9 Å². The van der Waals surface area contributed by atoms with E-state index in [1.54, 1.807) is 12.1 Å². The van der Waals surface area contributed by atoms with Crippen LogP contribution in [0.3, 0.4) is 0 Å². The molecule has 1 fully saturated rings. The molecule has 0 heterocycles. The summed E-state index contributed by atoms with van der Waals surface area (Å²) in [6.45, 7) is 6.94. The minimum atomic E-state index is -0.569. The Morgan fingerprint density at radius 1 is 0.763 bits per heavy atom. The lowest BCUT2D eigenvalue weighted by atomic mass is 9.87. The van der Waals surface area contributed by atoms with Crippen LogP contribution in [0.1, 0.15) is 65.8 Å². The third kappa shape index (κ3) is 8.20. The zero-order valence-electron chi connectivity index (χ0n) is 22.0. The van der Waals surface area contributed by atoms with Crippen LogP contribution in [0.4, 0.5) is 8.78 Å². The van der Waals surface area contributed by atoms with Crippen LogP contribution in [0.5, 0.6) is 0 Å². The summed E-state index contributed by atoms with van der Waals surface area (Å²) in [6.07, 6.45) is 4.49. The van der Waals surface area contributed by atoms with Gasteiger partial charge in [-0.05, 0) is 91.6 Å². The lowest BCUT2D eigenvalue weighted by molar-refractivity contribution is 0.0349. The molecule has 1 aliphatic rings. The molecule has 4 nitrogen and oxygen atoms in total. The van der Waals surface area contributed by atoms with E-state index in [0.717, 1.165) is 37.9 Å². The number of likely N-dealkylation sites (N-methyl/N-ethyl adjacent to an activating group) is 1.